The van der Waals surface area contributed by atoms with E-state index >= 15 is 0 Å². The van der Waals surface area contributed by atoms with Crippen molar-refractivity contribution in [2.75, 3.05) is 31.6 Å². The van der Waals surface area contributed by atoms with Crippen molar-refractivity contribution < 1.29 is 4.79 Å². The molecule has 0 aromatic heterocycles. The predicted molar refractivity (Wildman–Crippen MR) is 52.4 cm³/mol. The molecule has 1 rings (SSSR count). The number of nitrogens with one attached hydrogen (secondary N) is 1. The van der Waals surface area contributed by atoms with Gasteiger partial charge in [0.05, 0.1) is 6.54 Å². The topological polar surface area (TPSA) is 32.3 Å². The quantitative estimate of drug-likeness (QED) is 0.670. The smallest absolute Gasteiger partial charge is 0.236 e. The van der Waals surface area contributed by atoms with Gasteiger partial charge in [-0.15, -0.1) is 0 Å². The molecular formula is C8H16N2OS. The van der Waals surface area contributed by atoms with E-state index in [1.807, 2.05) is 16.7 Å². The lowest BCUT2D eigenvalue weighted by atomic mass is 10.3. The molecule has 1 amide bonds. The summed E-state index contributed by atoms with van der Waals surface area (Å²) in [7, 11) is 1.81. The summed E-state index contributed by atoms with van der Waals surface area (Å²) in [5.41, 5.74) is 0. The van der Waals surface area contributed by atoms with E-state index in [0.717, 1.165) is 18.1 Å². The van der Waals surface area contributed by atoms with Crippen LogP contribution in [-0.2, 0) is 4.79 Å². The molecule has 0 aromatic rings. The second-order valence-corrected chi connectivity index (χ2v) is 4.19. The van der Waals surface area contributed by atoms with E-state index in [2.05, 4.69) is 12.2 Å². The van der Waals surface area contributed by atoms with Gasteiger partial charge in [0.2, 0.25) is 5.91 Å². The molecule has 1 aliphatic rings. The second kappa shape index (κ2) is 4.72. The molecule has 0 radical (unpaired) electrons. The van der Waals surface area contributed by atoms with Gasteiger partial charge in [-0.05, 0) is 14.0 Å². The summed E-state index contributed by atoms with van der Waals surface area (Å²) < 4.78 is 0. The maximum atomic E-state index is 11.5. The van der Waals surface area contributed by atoms with Gasteiger partial charge in [-0.3, -0.25) is 4.79 Å². The predicted octanol–water partition coefficient (Wildman–Crippen LogP) is 0.170. The number of thioether (sulfide) groups is 1. The standard InChI is InChI=1S/C8H16N2OS/c1-7-6-12-4-3-10(7)8(11)5-9-2/h7,9H,3-6H2,1-2H3. The van der Waals surface area contributed by atoms with Crippen molar-refractivity contribution in [3.63, 3.8) is 0 Å². The highest BCUT2D eigenvalue weighted by Gasteiger charge is 2.22. The van der Waals surface area contributed by atoms with Crippen LogP contribution in [0.3, 0.4) is 0 Å². The van der Waals surface area contributed by atoms with Crippen molar-refractivity contribution in [2.24, 2.45) is 0 Å². The molecule has 1 N–H and O–H groups in total. The van der Waals surface area contributed by atoms with Crippen LogP contribution < -0.4 is 5.32 Å². The molecular weight excluding hydrogens is 172 g/mol. The summed E-state index contributed by atoms with van der Waals surface area (Å²) >= 11 is 1.93. The molecule has 3 nitrogen and oxygen atoms in total. The van der Waals surface area contributed by atoms with Crippen LogP contribution in [0.25, 0.3) is 0 Å². The molecule has 12 heavy (non-hydrogen) atoms. The summed E-state index contributed by atoms with van der Waals surface area (Å²) in [5.74, 6) is 2.39. The Morgan fingerprint density at radius 2 is 2.50 bits per heavy atom. The first-order valence-electron chi connectivity index (χ1n) is 4.27. The van der Waals surface area contributed by atoms with Gasteiger partial charge in [-0.2, -0.15) is 11.8 Å². The molecule has 1 unspecified atom stereocenters. The number of hydrogen-bond donors (Lipinski definition) is 1. The van der Waals surface area contributed by atoms with Gasteiger partial charge in [0.1, 0.15) is 0 Å². The maximum Gasteiger partial charge on any atom is 0.236 e. The van der Waals surface area contributed by atoms with E-state index in [-0.39, 0.29) is 5.91 Å². The number of rotatable bonds is 2. The first-order valence-corrected chi connectivity index (χ1v) is 5.43. The lowest BCUT2D eigenvalue weighted by Gasteiger charge is -2.33. The molecule has 1 aliphatic heterocycles. The highest BCUT2D eigenvalue weighted by Crippen LogP contribution is 2.15. The van der Waals surface area contributed by atoms with Gasteiger partial charge in [0, 0.05) is 24.1 Å². The fraction of sp³-hybridized carbons (Fsp3) is 0.875. The third-order valence-electron chi connectivity index (χ3n) is 2.02. The van der Waals surface area contributed by atoms with Crippen LogP contribution in [0, 0.1) is 0 Å². The molecule has 70 valence electrons. The zero-order chi connectivity index (χ0) is 8.97. The summed E-state index contributed by atoms with van der Waals surface area (Å²) in [6.07, 6.45) is 0. The number of amides is 1. The Labute approximate surface area is 77.9 Å². The van der Waals surface area contributed by atoms with Crippen molar-refractivity contribution in [1.82, 2.24) is 10.2 Å². The molecule has 0 spiro atoms. The van der Waals surface area contributed by atoms with Crippen LogP contribution >= 0.6 is 11.8 Å². The summed E-state index contributed by atoms with van der Waals surface area (Å²) in [6.45, 7) is 3.49. The average molecular weight is 188 g/mol. The van der Waals surface area contributed by atoms with E-state index in [9.17, 15) is 4.79 Å². The molecule has 0 aromatic carbocycles. The highest BCUT2D eigenvalue weighted by molar-refractivity contribution is 7.99. The molecule has 4 heteroatoms. The molecule has 1 saturated heterocycles. The molecule has 0 bridgehead atoms. The van der Waals surface area contributed by atoms with Crippen LogP contribution in [0.1, 0.15) is 6.92 Å². The van der Waals surface area contributed by atoms with Gasteiger partial charge < -0.3 is 10.2 Å². The number of carbonyl (C=O) groups excluding carboxylic acids is 1. The Morgan fingerprint density at radius 1 is 1.75 bits per heavy atom. The molecule has 0 saturated carbocycles. The molecule has 1 heterocycles. The molecule has 1 fully saturated rings. The Morgan fingerprint density at radius 3 is 3.08 bits per heavy atom. The minimum Gasteiger partial charge on any atom is -0.337 e. The van der Waals surface area contributed by atoms with E-state index in [0.29, 0.717) is 12.6 Å². The molecule has 1 atom stereocenters. The van der Waals surface area contributed by atoms with E-state index in [4.69, 9.17) is 0 Å². The fourth-order valence-corrected chi connectivity index (χ4v) is 2.36. The van der Waals surface area contributed by atoms with E-state index in [1.165, 1.54) is 0 Å². The Bertz CT molecular complexity index is 163. The van der Waals surface area contributed by atoms with Crippen LogP contribution in [0.2, 0.25) is 0 Å². The zero-order valence-electron chi connectivity index (χ0n) is 7.67. The van der Waals surface area contributed by atoms with E-state index in [1.54, 1.807) is 7.05 Å². The molecule has 0 aliphatic carbocycles. The third-order valence-corrected chi connectivity index (χ3v) is 3.21. The normalized spacial score (nSPS) is 24.2. The third kappa shape index (κ3) is 2.38. The minimum atomic E-state index is 0.227. The first kappa shape index (κ1) is 9.86. The Kier molecular flexibility index (Phi) is 3.88. The Hall–Kier alpha value is -0.220. The van der Waals surface area contributed by atoms with Crippen molar-refractivity contribution in [2.45, 2.75) is 13.0 Å². The van der Waals surface area contributed by atoms with Gasteiger partial charge in [-0.1, -0.05) is 0 Å². The van der Waals surface area contributed by atoms with Crippen molar-refractivity contribution in [3.8, 4) is 0 Å². The van der Waals surface area contributed by atoms with Crippen LogP contribution in [0.4, 0.5) is 0 Å². The van der Waals surface area contributed by atoms with Gasteiger partial charge in [-0.25, -0.2) is 0 Å². The van der Waals surface area contributed by atoms with Crippen molar-refractivity contribution >= 4 is 17.7 Å². The summed E-state index contributed by atoms with van der Waals surface area (Å²) in [5, 5.41) is 2.89. The Balaban J connectivity index is 2.42. The van der Waals surface area contributed by atoms with Crippen LogP contribution in [-0.4, -0.2) is 48.5 Å². The first-order chi connectivity index (χ1) is 5.75. The lowest BCUT2D eigenvalue weighted by molar-refractivity contribution is -0.131. The van der Waals surface area contributed by atoms with Gasteiger partial charge in [0.15, 0.2) is 0 Å². The van der Waals surface area contributed by atoms with E-state index < -0.39 is 0 Å². The monoisotopic (exact) mass is 188 g/mol. The minimum absolute atomic E-state index is 0.227. The number of nitrogens with zero attached hydrogens (tertiary/aromatic N) is 1. The lowest BCUT2D eigenvalue weighted by Crippen LogP contribution is -2.47. The number of likely N-dealkylation sites (N-methyl/N-ethyl adjacent to an activating group) is 1. The van der Waals surface area contributed by atoms with Gasteiger partial charge >= 0.3 is 0 Å². The van der Waals surface area contributed by atoms with Crippen molar-refractivity contribution in [1.29, 1.82) is 0 Å². The highest BCUT2D eigenvalue weighted by atomic mass is 32.2. The summed E-state index contributed by atoms with van der Waals surface area (Å²) in [4.78, 5) is 13.4. The fourth-order valence-electron chi connectivity index (χ4n) is 1.35. The zero-order valence-corrected chi connectivity index (χ0v) is 8.49. The van der Waals surface area contributed by atoms with Crippen LogP contribution in [0.15, 0.2) is 0 Å². The van der Waals surface area contributed by atoms with Crippen molar-refractivity contribution in [3.05, 3.63) is 0 Å². The summed E-state index contributed by atoms with van der Waals surface area (Å²) in [6, 6.07) is 0.407. The van der Waals surface area contributed by atoms with Crippen LogP contribution in [0.5, 0.6) is 0 Å². The number of hydrogen-bond acceptors (Lipinski definition) is 3. The largest absolute Gasteiger partial charge is 0.337 e. The average Bonchev–Trinajstić information content (AvgIpc) is 2.05. The SMILES string of the molecule is CNCC(=O)N1CCSCC1C. The number of carbonyl (C=O) groups is 1. The van der Waals surface area contributed by atoms with Gasteiger partial charge in [0.25, 0.3) is 0 Å². The second-order valence-electron chi connectivity index (χ2n) is 3.04. The maximum absolute atomic E-state index is 11.5.